The number of rotatable bonds is 2. The third-order valence-electron chi connectivity index (χ3n) is 8.15. The van der Waals surface area contributed by atoms with E-state index >= 15 is 0 Å². The van der Waals surface area contributed by atoms with Crippen LogP contribution in [-0.2, 0) is 20.0 Å². The first kappa shape index (κ1) is 19.7. The second-order valence-corrected chi connectivity index (χ2v) is 24.2. The van der Waals surface area contributed by atoms with Crippen molar-refractivity contribution in [1.82, 2.24) is 0 Å². The molecular formula is C32H26Hf. The molecule has 0 aromatic heterocycles. The summed E-state index contributed by atoms with van der Waals surface area (Å²) in [6.07, 6.45) is 7.45. The molecule has 2 unspecified atom stereocenters. The molecule has 2 atom stereocenters. The molecule has 4 aromatic carbocycles. The molecule has 1 saturated heterocycles. The Hall–Kier alpha value is -2.77. The monoisotopic (exact) mass is 590 g/mol. The quantitative estimate of drug-likeness (QED) is 0.224. The van der Waals surface area contributed by atoms with Crippen LogP contribution in [0.5, 0.6) is 0 Å². The van der Waals surface area contributed by atoms with E-state index in [1.165, 1.54) is 24.0 Å². The van der Waals surface area contributed by atoms with Gasteiger partial charge in [0.25, 0.3) is 0 Å². The van der Waals surface area contributed by atoms with E-state index in [2.05, 4.69) is 121 Å². The van der Waals surface area contributed by atoms with Gasteiger partial charge in [0.05, 0.1) is 0 Å². The molecule has 1 heteroatoms. The first-order chi connectivity index (χ1) is 16.4. The third kappa shape index (κ3) is 2.78. The van der Waals surface area contributed by atoms with Gasteiger partial charge in [0, 0.05) is 0 Å². The van der Waals surface area contributed by atoms with Crippen LogP contribution in [0.1, 0.15) is 42.4 Å². The predicted octanol–water partition coefficient (Wildman–Crippen LogP) is 6.86. The second-order valence-electron chi connectivity index (χ2n) is 9.66. The summed E-state index contributed by atoms with van der Waals surface area (Å²) in [5, 5.41) is 0. The standard InChI is InChI=1S/C20H16.2C6H5.Hf/c1-2-6-18-12-15(11-17(18)5-1)9-10-16-13-19-7-3-4-8-20(19)14-16;2*1-2-4-6-5-3-1;/h1-8,11-14H,9-10H2;2*1-5H;. The van der Waals surface area contributed by atoms with Gasteiger partial charge in [0.2, 0.25) is 0 Å². The molecule has 0 amide bonds. The molecule has 1 aliphatic heterocycles. The molecule has 0 nitrogen and oxygen atoms in total. The fraction of sp³-hybridized carbons (Fsp3) is 0.125. The molecule has 0 saturated carbocycles. The van der Waals surface area contributed by atoms with Crippen LogP contribution >= 0.6 is 0 Å². The SMILES string of the molecule is C1=C2CCC3=Cc4ccccc4[CH]3[Hf]([c]3ccccc3)([c]3ccccc3)[CH]2c2ccccc21. The van der Waals surface area contributed by atoms with Crippen molar-refractivity contribution in [2.24, 2.45) is 0 Å². The first-order valence-electron chi connectivity index (χ1n) is 12.1. The normalized spacial score (nSPS) is 21.7. The molecule has 7 rings (SSSR count). The zero-order chi connectivity index (χ0) is 21.8. The van der Waals surface area contributed by atoms with Gasteiger partial charge in [-0.15, -0.1) is 0 Å². The minimum atomic E-state index is -3.70. The third-order valence-corrected chi connectivity index (χ3v) is 28.9. The average molecular weight is 589 g/mol. The van der Waals surface area contributed by atoms with E-state index in [1.54, 1.807) is 28.9 Å². The van der Waals surface area contributed by atoms with Crippen molar-refractivity contribution in [3.05, 3.63) is 143 Å². The molecule has 2 aliphatic carbocycles. The van der Waals surface area contributed by atoms with Crippen LogP contribution in [0.25, 0.3) is 12.2 Å². The van der Waals surface area contributed by atoms with Gasteiger partial charge in [0.1, 0.15) is 0 Å². The minimum absolute atomic E-state index is 0.542. The van der Waals surface area contributed by atoms with E-state index in [0.29, 0.717) is 7.35 Å². The van der Waals surface area contributed by atoms with Crippen molar-refractivity contribution in [3.8, 4) is 0 Å². The molecule has 0 radical (unpaired) electrons. The molecule has 0 bridgehead atoms. The Bertz CT molecular complexity index is 1300. The van der Waals surface area contributed by atoms with E-state index in [0.717, 1.165) is 0 Å². The topological polar surface area (TPSA) is 0 Å². The number of hydrogen-bond acceptors (Lipinski definition) is 0. The molecular weight excluding hydrogens is 563 g/mol. The van der Waals surface area contributed by atoms with Gasteiger partial charge in [-0.3, -0.25) is 0 Å². The van der Waals surface area contributed by atoms with E-state index < -0.39 is 20.0 Å². The summed E-state index contributed by atoms with van der Waals surface area (Å²) in [6, 6.07) is 41.8. The molecule has 0 N–H and O–H groups in total. The van der Waals surface area contributed by atoms with Crippen LogP contribution in [0.15, 0.2) is 120 Å². The molecule has 4 aromatic rings. The summed E-state index contributed by atoms with van der Waals surface area (Å²) in [5.41, 5.74) is 9.41. The Kier molecular flexibility index (Phi) is 4.55. The number of benzene rings is 4. The van der Waals surface area contributed by atoms with E-state index in [-0.39, 0.29) is 0 Å². The van der Waals surface area contributed by atoms with Crippen LogP contribution in [0.4, 0.5) is 0 Å². The molecule has 33 heavy (non-hydrogen) atoms. The van der Waals surface area contributed by atoms with Crippen molar-refractivity contribution < 1.29 is 20.0 Å². The van der Waals surface area contributed by atoms with Crippen molar-refractivity contribution in [2.75, 3.05) is 0 Å². The fourth-order valence-corrected chi connectivity index (χ4v) is 30.8. The molecule has 1 fully saturated rings. The zero-order valence-electron chi connectivity index (χ0n) is 18.6. The Morgan fingerprint density at radius 1 is 0.455 bits per heavy atom. The predicted molar refractivity (Wildman–Crippen MR) is 136 cm³/mol. The van der Waals surface area contributed by atoms with E-state index in [1.807, 2.05) is 0 Å². The van der Waals surface area contributed by atoms with Gasteiger partial charge in [-0.25, -0.2) is 0 Å². The van der Waals surface area contributed by atoms with Crippen molar-refractivity contribution in [3.63, 3.8) is 0 Å². The van der Waals surface area contributed by atoms with Crippen LogP contribution in [-0.4, -0.2) is 0 Å². The summed E-state index contributed by atoms with van der Waals surface area (Å²) < 4.78 is 4.36. The van der Waals surface area contributed by atoms with Gasteiger partial charge >= 0.3 is 202 Å². The maximum atomic E-state index is 2.55. The Morgan fingerprint density at radius 3 is 1.30 bits per heavy atom. The Balaban J connectivity index is 1.64. The summed E-state index contributed by atoms with van der Waals surface area (Å²) in [5.74, 6) is 0. The Morgan fingerprint density at radius 2 is 0.848 bits per heavy atom. The average Bonchev–Trinajstić information content (AvgIpc) is 3.40. The van der Waals surface area contributed by atoms with Crippen molar-refractivity contribution in [2.45, 2.75) is 20.2 Å². The molecule has 1 heterocycles. The zero-order valence-corrected chi connectivity index (χ0v) is 22.2. The van der Waals surface area contributed by atoms with Crippen LogP contribution in [0, 0.1) is 0 Å². The van der Waals surface area contributed by atoms with Gasteiger partial charge in [-0.1, -0.05) is 0 Å². The second kappa shape index (κ2) is 7.64. The van der Waals surface area contributed by atoms with E-state index in [9.17, 15) is 0 Å². The van der Waals surface area contributed by atoms with Gasteiger partial charge < -0.3 is 0 Å². The molecule has 158 valence electrons. The maximum absolute atomic E-state index is 3.70. The molecule has 0 spiro atoms. The first-order valence-corrected chi connectivity index (χ1v) is 19.8. The summed E-state index contributed by atoms with van der Waals surface area (Å²) in [6.45, 7) is 0. The van der Waals surface area contributed by atoms with Crippen LogP contribution in [0.2, 0.25) is 0 Å². The fourth-order valence-electron chi connectivity index (χ4n) is 7.00. The van der Waals surface area contributed by atoms with Crippen molar-refractivity contribution >= 4 is 18.8 Å². The van der Waals surface area contributed by atoms with Gasteiger partial charge in [0.15, 0.2) is 0 Å². The van der Waals surface area contributed by atoms with E-state index in [4.69, 9.17) is 0 Å². The van der Waals surface area contributed by atoms with Crippen molar-refractivity contribution in [1.29, 1.82) is 0 Å². The Labute approximate surface area is 200 Å². The summed E-state index contributed by atoms with van der Waals surface area (Å²) >= 11 is -3.70. The van der Waals surface area contributed by atoms with Crippen LogP contribution in [0.3, 0.4) is 0 Å². The van der Waals surface area contributed by atoms with Gasteiger partial charge in [-0.2, -0.15) is 0 Å². The number of fused-ring (bicyclic) bond motifs is 6. The molecule has 3 aliphatic rings. The van der Waals surface area contributed by atoms with Gasteiger partial charge in [-0.05, 0) is 0 Å². The summed E-state index contributed by atoms with van der Waals surface area (Å²) in [4.78, 5) is 0. The summed E-state index contributed by atoms with van der Waals surface area (Å²) in [7, 11) is 0. The number of allylic oxidation sites excluding steroid dienone is 2. The number of hydrogen-bond donors (Lipinski definition) is 0. The van der Waals surface area contributed by atoms with Crippen LogP contribution < -0.4 is 6.64 Å².